The summed E-state index contributed by atoms with van der Waals surface area (Å²) in [6, 6.07) is 2.62. The molecule has 19 heavy (non-hydrogen) atoms. The predicted octanol–water partition coefficient (Wildman–Crippen LogP) is 2.21. The normalized spacial score (nSPS) is 29.6. The number of hydrogen-bond donors (Lipinski definition) is 1. The van der Waals surface area contributed by atoms with Crippen molar-refractivity contribution in [1.82, 2.24) is 4.98 Å². The molecule has 7 heteroatoms. The maximum atomic E-state index is 10.7. The molecule has 0 aromatic carbocycles. The summed E-state index contributed by atoms with van der Waals surface area (Å²) in [6.07, 6.45) is 5.53. The van der Waals surface area contributed by atoms with Gasteiger partial charge in [-0.1, -0.05) is 0 Å². The van der Waals surface area contributed by atoms with Gasteiger partial charge in [0.1, 0.15) is 12.0 Å². The van der Waals surface area contributed by atoms with Crippen LogP contribution in [0.15, 0.2) is 16.7 Å². The van der Waals surface area contributed by atoms with Crippen molar-refractivity contribution in [3.8, 4) is 0 Å². The first-order chi connectivity index (χ1) is 9.06. The van der Waals surface area contributed by atoms with Gasteiger partial charge in [0.25, 0.3) is 5.69 Å². The molecule has 0 radical (unpaired) electrons. The van der Waals surface area contributed by atoms with E-state index in [2.05, 4.69) is 25.8 Å². The highest BCUT2D eigenvalue weighted by Gasteiger charge is 2.41. The molecule has 0 saturated carbocycles. The van der Waals surface area contributed by atoms with Crippen molar-refractivity contribution in [2.24, 2.45) is 5.73 Å². The van der Waals surface area contributed by atoms with E-state index in [1.54, 1.807) is 0 Å². The summed E-state index contributed by atoms with van der Waals surface area (Å²) in [7, 11) is 0. The molecular formula is C12H15BrN4O2. The predicted molar refractivity (Wildman–Crippen MR) is 75.1 cm³/mol. The van der Waals surface area contributed by atoms with E-state index in [0.717, 1.165) is 31.5 Å². The van der Waals surface area contributed by atoms with Gasteiger partial charge in [-0.05, 0) is 41.6 Å². The lowest BCUT2D eigenvalue weighted by Crippen LogP contribution is -2.48. The Morgan fingerprint density at radius 3 is 2.58 bits per heavy atom. The number of nitrogens with zero attached hydrogens (tertiary/aromatic N) is 3. The number of fused-ring (bicyclic) bond motifs is 2. The van der Waals surface area contributed by atoms with Gasteiger partial charge >= 0.3 is 0 Å². The summed E-state index contributed by atoms with van der Waals surface area (Å²) in [4.78, 5) is 16.9. The summed E-state index contributed by atoms with van der Waals surface area (Å²) in [6.45, 7) is 0. The number of nitrogens with two attached hydrogens (primary N) is 1. The second kappa shape index (κ2) is 4.72. The van der Waals surface area contributed by atoms with Crippen molar-refractivity contribution in [3.63, 3.8) is 0 Å². The first kappa shape index (κ1) is 12.8. The van der Waals surface area contributed by atoms with Crippen LogP contribution in [0.1, 0.15) is 25.7 Å². The van der Waals surface area contributed by atoms with Crippen LogP contribution in [0.3, 0.4) is 0 Å². The second-order valence-corrected chi connectivity index (χ2v) is 6.13. The number of hydrogen-bond acceptors (Lipinski definition) is 5. The van der Waals surface area contributed by atoms with Crippen LogP contribution in [0.2, 0.25) is 0 Å². The summed E-state index contributed by atoms with van der Waals surface area (Å²) in [5.41, 5.74) is 6.06. The van der Waals surface area contributed by atoms with Crippen molar-refractivity contribution >= 4 is 27.4 Å². The van der Waals surface area contributed by atoms with Gasteiger partial charge in [-0.3, -0.25) is 10.1 Å². The molecule has 3 heterocycles. The largest absolute Gasteiger partial charge is 0.350 e. The van der Waals surface area contributed by atoms with Gasteiger partial charge in [0.15, 0.2) is 0 Å². The van der Waals surface area contributed by atoms with E-state index in [1.807, 2.05) is 0 Å². The quantitative estimate of drug-likeness (QED) is 0.665. The Morgan fingerprint density at radius 2 is 2.05 bits per heavy atom. The zero-order valence-electron chi connectivity index (χ0n) is 10.3. The number of piperidine rings is 1. The zero-order chi connectivity index (χ0) is 13.6. The Bertz CT molecular complexity index is 510. The van der Waals surface area contributed by atoms with Crippen LogP contribution in [-0.2, 0) is 0 Å². The summed E-state index contributed by atoms with van der Waals surface area (Å²) >= 11 is 3.41. The van der Waals surface area contributed by atoms with Crippen molar-refractivity contribution in [1.29, 1.82) is 0 Å². The number of aromatic nitrogens is 1. The molecule has 3 rings (SSSR count). The minimum absolute atomic E-state index is 0.0108. The van der Waals surface area contributed by atoms with E-state index in [4.69, 9.17) is 5.73 Å². The molecular weight excluding hydrogens is 312 g/mol. The number of pyridine rings is 1. The lowest BCUT2D eigenvalue weighted by Gasteiger charge is -2.38. The molecule has 1 aromatic heterocycles. The maximum Gasteiger partial charge on any atom is 0.288 e. The van der Waals surface area contributed by atoms with Gasteiger partial charge in [-0.2, -0.15) is 0 Å². The van der Waals surface area contributed by atoms with Gasteiger partial charge < -0.3 is 10.6 Å². The zero-order valence-corrected chi connectivity index (χ0v) is 11.9. The Labute approximate surface area is 119 Å². The van der Waals surface area contributed by atoms with Crippen LogP contribution in [0.4, 0.5) is 11.5 Å². The topological polar surface area (TPSA) is 85.3 Å². The van der Waals surface area contributed by atoms with E-state index in [-0.39, 0.29) is 11.7 Å². The molecule has 2 atom stereocenters. The molecule has 2 fully saturated rings. The fourth-order valence-electron chi connectivity index (χ4n) is 3.28. The number of anilines is 1. The third-order valence-electron chi connectivity index (χ3n) is 4.03. The van der Waals surface area contributed by atoms with E-state index in [0.29, 0.717) is 16.6 Å². The Morgan fingerprint density at radius 1 is 1.42 bits per heavy atom. The molecule has 1 aromatic rings. The van der Waals surface area contributed by atoms with Crippen molar-refractivity contribution in [2.45, 2.75) is 43.8 Å². The average molecular weight is 327 g/mol. The molecule has 2 bridgehead atoms. The van der Waals surface area contributed by atoms with Crippen molar-refractivity contribution in [3.05, 3.63) is 26.9 Å². The summed E-state index contributed by atoms with van der Waals surface area (Å²) in [5, 5.41) is 10.7. The molecule has 0 spiro atoms. The smallest absolute Gasteiger partial charge is 0.288 e. The van der Waals surface area contributed by atoms with Gasteiger partial charge in [0.2, 0.25) is 0 Å². The van der Waals surface area contributed by atoms with Gasteiger partial charge in [0.05, 0.1) is 9.40 Å². The van der Waals surface area contributed by atoms with E-state index >= 15 is 0 Å². The van der Waals surface area contributed by atoms with Crippen LogP contribution in [0.25, 0.3) is 0 Å². The van der Waals surface area contributed by atoms with Gasteiger partial charge in [-0.15, -0.1) is 0 Å². The monoisotopic (exact) mass is 326 g/mol. The number of nitro groups is 1. The highest BCUT2D eigenvalue weighted by atomic mass is 79.9. The molecule has 0 amide bonds. The highest BCUT2D eigenvalue weighted by Crippen LogP contribution is 2.41. The Kier molecular flexibility index (Phi) is 3.18. The third-order valence-corrected chi connectivity index (χ3v) is 4.62. The van der Waals surface area contributed by atoms with Crippen LogP contribution in [-0.4, -0.2) is 28.0 Å². The number of halogens is 1. The Balaban J connectivity index is 1.93. The van der Waals surface area contributed by atoms with Crippen molar-refractivity contribution < 1.29 is 4.92 Å². The van der Waals surface area contributed by atoms with E-state index in [1.165, 1.54) is 12.3 Å². The number of rotatable bonds is 2. The van der Waals surface area contributed by atoms with Crippen molar-refractivity contribution in [2.75, 3.05) is 4.90 Å². The van der Waals surface area contributed by atoms with E-state index < -0.39 is 4.92 Å². The van der Waals surface area contributed by atoms with Gasteiger partial charge in [-0.25, -0.2) is 4.98 Å². The molecule has 2 unspecified atom stereocenters. The fraction of sp³-hybridized carbons (Fsp3) is 0.583. The van der Waals surface area contributed by atoms with E-state index in [9.17, 15) is 10.1 Å². The Hall–Kier alpha value is -1.21. The first-order valence-corrected chi connectivity index (χ1v) is 7.19. The molecule has 102 valence electrons. The van der Waals surface area contributed by atoms with Crippen LogP contribution in [0, 0.1) is 10.1 Å². The maximum absolute atomic E-state index is 10.7. The molecule has 2 N–H and O–H groups in total. The average Bonchev–Trinajstić information content (AvgIpc) is 2.62. The fourth-order valence-corrected chi connectivity index (χ4v) is 3.82. The third kappa shape index (κ3) is 2.21. The first-order valence-electron chi connectivity index (χ1n) is 6.40. The van der Waals surface area contributed by atoms with Crippen LogP contribution < -0.4 is 10.6 Å². The standard InChI is InChI=1S/C12H15BrN4O2/c13-11-5-10(17(18)19)6-15-12(11)16-8-1-2-9(16)4-7(14)3-8/h5-9H,1-4,14H2. The van der Waals surface area contributed by atoms with Gasteiger partial charge in [0, 0.05) is 24.2 Å². The second-order valence-electron chi connectivity index (χ2n) is 5.28. The molecule has 2 aliphatic rings. The van der Waals surface area contributed by atoms with Crippen LogP contribution >= 0.6 is 15.9 Å². The molecule has 2 saturated heterocycles. The minimum Gasteiger partial charge on any atom is -0.350 e. The lowest BCUT2D eigenvalue weighted by molar-refractivity contribution is -0.385. The van der Waals surface area contributed by atoms with Crippen LogP contribution in [0.5, 0.6) is 0 Å². The highest BCUT2D eigenvalue weighted by molar-refractivity contribution is 9.10. The molecule has 2 aliphatic heterocycles. The molecule has 0 aliphatic carbocycles. The minimum atomic E-state index is -0.428. The summed E-state index contributed by atoms with van der Waals surface area (Å²) < 4.78 is 0.689. The SMILES string of the molecule is NC1CC2CCC(C1)N2c1ncc([N+](=O)[O-])cc1Br. The molecule has 6 nitrogen and oxygen atoms in total. The summed E-state index contributed by atoms with van der Waals surface area (Å²) in [5.74, 6) is 0.810. The lowest BCUT2D eigenvalue weighted by atomic mass is 9.98.